The van der Waals surface area contributed by atoms with Crippen molar-refractivity contribution in [3.8, 4) is 0 Å². The fraction of sp³-hybridized carbons (Fsp3) is 0.250. The summed E-state index contributed by atoms with van der Waals surface area (Å²) in [4.78, 5) is 32.5. The van der Waals surface area contributed by atoms with Crippen molar-refractivity contribution in [3.63, 3.8) is 0 Å². The van der Waals surface area contributed by atoms with E-state index < -0.39 is 5.97 Å². The molecule has 21 heavy (non-hydrogen) atoms. The van der Waals surface area contributed by atoms with Crippen LogP contribution in [0.1, 0.15) is 46.8 Å². The Kier molecular flexibility index (Phi) is 4.77. The van der Waals surface area contributed by atoms with Crippen molar-refractivity contribution in [3.05, 3.63) is 59.7 Å². The zero-order valence-corrected chi connectivity index (χ0v) is 11.9. The third-order valence-electron chi connectivity index (χ3n) is 3.03. The quantitative estimate of drug-likeness (QED) is 0.623. The number of hydrogen-bond acceptors (Lipinski definition) is 5. The number of ketones is 1. The first-order valence-electron chi connectivity index (χ1n) is 6.75. The van der Waals surface area contributed by atoms with Gasteiger partial charge in [-0.15, -0.1) is 0 Å². The molecular formula is C16H16N2O3. The molecule has 5 nitrogen and oxygen atoms in total. The van der Waals surface area contributed by atoms with Crippen LogP contribution in [0.3, 0.4) is 0 Å². The summed E-state index contributed by atoms with van der Waals surface area (Å²) in [7, 11) is 0. The van der Waals surface area contributed by atoms with Crippen LogP contribution in [0.5, 0.6) is 0 Å². The molecule has 0 saturated carbocycles. The second-order valence-corrected chi connectivity index (χ2v) is 4.57. The first kappa shape index (κ1) is 14.8. The van der Waals surface area contributed by atoms with Crippen LogP contribution >= 0.6 is 0 Å². The van der Waals surface area contributed by atoms with Crippen LogP contribution in [0.15, 0.2) is 42.7 Å². The van der Waals surface area contributed by atoms with Crippen LogP contribution < -0.4 is 0 Å². The molecule has 0 saturated heterocycles. The summed E-state index contributed by atoms with van der Waals surface area (Å²) in [6.45, 7) is 3.71. The molecule has 108 valence electrons. The monoisotopic (exact) mass is 284 g/mol. The summed E-state index contributed by atoms with van der Waals surface area (Å²) >= 11 is 0. The van der Waals surface area contributed by atoms with Crippen molar-refractivity contribution in [2.75, 3.05) is 0 Å². The van der Waals surface area contributed by atoms with Gasteiger partial charge in [0.05, 0.1) is 11.7 Å². The van der Waals surface area contributed by atoms with Gasteiger partial charge in [-0.25, -0.2) is 9.78 Å². The largest absolute Gasteiger partial charge is 0.458 e. The fourth-order valence-corrected chi connectivity index (χ4v) is 1.71. The molecule has 0 aliphatic carbocycles. The topological polar surface area (TPSA) is 69.2 Å². The Bertz CT molecular complexity index is 641. The zero-order chi connectivity index (χ0) is 15.2. The van der Waals surface area contributed by atoms with Crippen LogP contribution in [-0.2, 0) is 4.74 Å². The minimum absolute atomic E-state index is 0.0217. The summed E-state index contributed by atoms with van der Waals surface area (Å²) < 4.78 is 5.24. The molecule has 2 rings (SSSR count). The molecule has 0 bridgehead atoms. The highest BCUT2D eigenvalue weighted by Gasteiger charge is 2.22. The maximum absolute atomic E-state index is 12.4. The Morgan fingerprint density at radius 3 is 2.57 bits per heavy atom. The van der Waals surface area contributed by atoms with Crippen molar-refractivity contribution in [2.24, 2.45) is 0 Å². The van der Waals surface area contributed by atoms with E-state index in [1.54, 1.807) is 37.3 Å². The Morgan fingerprint density at radius 1 is 1.14 bits per heavy atom. The van der Waals surface area contributed by atoms with Gasteiger partial charge in [0.25, 0.3) is 0 Å². The second-order valence-electron chi connectivity index (χ2n) is 4.57. The lowest BCUT2D eigenvalue weighted by atomic mass is 10.1. The van der Waals surface area contributed by atoms with E-state index in [2.05, 4.69) is 9.97 Å². The van der Waals surface area contributed by atoms with E-state index in [0.717, 1.165) is 0 Å². The molecule has 1 unspecified atom stereocenters. The number of ether oxygens (including phenoxy) is 1. The van der Waals surface area contributed by atoms with Crippen LogP contribution in [-0.4, -0.2) is 27.8 Å². The standard InChI is InChI=1S/C16H16N2O3/c1-3-11(2)21-16(20)14-12(7-6-10-18-14)15(19)13-8-4-5-9-17-13/h4-11H,3H2,1-2H3. The molecule has 0 fully saturated rings. The van der Waals surface area contributed by atoms with Gasteiger partial charge in [-0.3, -0.25) is 9.78 Å². The molecule has 0 N–H and O–H groups in total. The minimum Gasteiger partial charge on any atom is -0.458 e. The van der Waals surface area contributed by atoms with Gasteiger partial charge in [0.1, 0.15) is 5.69 Å². The Morgan fingerprint density at radius 2 is 1.90 bits per heavy atom. The van der Waals surface area contributed by atoms with Crippen LogP contribution in [0, 0.1) is 0 Å². The lowest BCUT2D eigenvalue weighted by Crippen LogP contribution is -2.19. The zero-order valence-electron chi connectivity index (χ0n) is 11.9. The van der Waals surface area contributed by atoms with Crippen molar-refractivity contribution in [1.29, 1.82) is 0 Å². The number of carbonyl (C=O) groups excluding carboxylic acids is 2. The molecule has 0 aromatic carbocycles. The van der Waals surface area contributed by atoms with E-state index in [1.165, 1.54) is 12.4 Å². The summed E-state index contributed by atoms with van der Waals surface area (Å²) in [6.07, 6.45) is 3.46. The van der Waals surface area contributed by atoms with Gasteiger partial charge in [0.15, 0.2) is 5.69 Å². The summed E-state index contributed by atoms with van der Waals surface area (Å²) in [5.41, 5.74) is 0.487. The predicted octanol–water partition coefficient (Wildman–Crippen LogP) is 2.66. The van der Waals surface area contributed by atoms with E-state index in [0.29, 0.717) is 6.42 Å². The van der Waals surface area contributed by atoms with Gasteiger partial charge in [-0.1, -0.05) is 13.0 Å². The molecule has 0 spiro atoms. The molecular weight excluding hydrogens is 268 g/mol. The van der Waals surface area contributed by atoms with Gasteiger partial charge >= 0.3 is 5.97 Å². The Hall–Kier alpha value is -2.56. The number of carbonyl (C=O) groups is 2. The molecule has 2 heterocycles. The smallest absolute Gasteiger partial charge is 0.357 e. The molecule has 0 aliphatic heterocycles. The molecule has 2 aromatic heterocycles. The maximum atomic E-state index is 12.4. The number of pyridine rings is 2. The molecule has 0 radical (unpaired) electrons. The molecule has 5 heteroatoms. The highest BCUT2D eigenvalue weighted by molar-refractivity contribution is 6.12. The van der Waals surface area contributed by atoms with Crippen molar-refractivity contribution < 1.29 is 14.3 Å². The van der Waals surface area contributed by atoms with Gasteiger partial charge < -0.3 is 4.74 Å². The first-order chi connectivity index (χ1) is 10.1. The molecule has 2 aromatic rings. The van der Waals surface area contributed by atoms with Gasteiger partial charge in [-0.2, -0.15) is 0 Å². The molecule has 0 amide bonds. The summed E-state index contributed by atoms with van der Waals surface area (Å²) in [5, 5.41) is 0. The number of rotatable bonds is 5. The van der Waals surface area contributed by atoms with Crippen molar-refractivity contribution in [2.45, 2.75) is 26.4 Å². The van der Waals surface area contributed by atoms with Crippen LogP contribution in [0.4, 0.5) is 0 Å². The average Bonchev–Trinajstić information content (AvgIpc) is 2.54. The van der Waals surface area contributed by atoms with Crippen LogP contribution in [0.25, 0.3) is 0 Å². The fourth-order valence-electron chi connectivity index (χ4n) is 1.71. The highest BCUT2D eigenvalue weighted by atomic mass is 16.5. The van der Waals surface area contributed by atoms with Crippen molar-refractivity contribution >= 4 is 11.8 Å². The van der Waals surface area contributed by atoms with E-state index >= 15 is 0 Å². The normalized spacial score (nSPS) is 11.7. The lowest BCUT2D eigenvalue weighted by Gasteiger charge is -2.12. The SMILES string of the molecule is CCC(C)OC(=O)c1ncccc1C(=O)c1ccccn1. The van der Waals surface area contributed by atoms with E-state index in [-0.39, 0.29) is 28.8 Å². The highest BCUT2D eigenvalue weighted by Crippen LogP contribution is 2.13. The number of aromatic nitrogens is 2. The lowest BCUT2D eigenvalue weighted by molar-refractivity contribution is 0.0325. The Balaban J connectivity index is 2.33. The van der Waals surface area contributed by atoms with E-state index in [1.807, 2.05) is 6.92 Å². The average molecular weight is 284 g/mol. The molecule has 1 atom stereocenters. The predicted molar refractivity (Wildman–Crippen MR) is 77.1 cm³/mol. The van der Waals surface area contributed by atoms with Crippen molar-refractivity contribution in [1.82, 2.24) is 9.97 Å². The number of esters is 1. The minimum atomic E-state index is -0.593. The van der Waals surface area contributed by atoms with E-state index in [9.17, 15) is 9.59 Å². The Labute approximate surface area is 123 Å². The number of hydrogen-bond donors (Lipinski definition) is 0. The second kappa shape index (κ2) is 6.74. The van der Waals surface area contributed by atoms with E-state index in [4.69, 9.17) is 4.74 Å². The maximum Gasteiger partial charge on any atom is 0.357 e. The van der Waals surface area contributed by atoms with Gasteiger partial charge in [0.2, 0.25) is 5.78 Å². The molecule has 0 aliphatic rings. The van der Waals surface area contributed by atoms with Crippen LogP contribution in [0.2, 0.25) is 0 Å². The third-order valence-corrected chi connectivity index (χ3v) is 3.03. The summed E-state index contributed by atoms with van der Waals surface area (Å²) in [5.74, 6) is -0.941. The first-order valence-corrected chi connectivity index (χ1v) is 6.75. The van der Waals surface area contributed by atoms with Gasteiger partial charge in [-0.05, 0) is 37.6 Å². The number of nitrogens with zero attached hydrogens (tertiary/aromatic N) is 2. The summed E-state index contributed by atoms with van der Waals surface area (Å²) in [6, 6.07) is 8.19. The van der Waals surface area contributed by atoms with Gasteiger partial charge in [0, 0.05) is 12.4 Å². The third kappa shape index (κ3) is 3.51.